The summed E-state index contributed by atoms with van der Waals surface area (Å²) in [5.74, 6) is 2.22. The molecule has 0 saturated carbocycles. The molecule has 1 aromatic heterocycles. The van der Waals surface area contributed by atoms with Crippen molar-refractivity contribution in [3.63, 3.8) is 0 Å². The highest BCUT2D eigenvalue weighted by molar-refractivity contribution is 5.04. The van der Waals surface area contributed by atoms with E-state index in [1.54, 1.807) is 12.5 Å². The quantitative estimate of drug-likeness (QED) is 0.777. The first-order valence-corrected chi connectivity index (χ1v) is 5.83. The van der Waals surface area contributed by atoms with E-state index in [2.05, 4.69) is 33.0 Å². The summed E-state index contributed by atoms with van der Waals surface area (Å²) in [6.45, 7) is 11.2. The van der Waals surface area contributed by atoms with Crippen LogP contribution in [0.4, 0.5) is 0 Å². The van der Waals surface area contributed by atoms with E-state index in [0.717, 1.165) is 30.8 Å². The molecule has 0 atom stereocenters. The molecule has 1 heterocycles. The summed E-state index contributed by atoms with van der Waals surface area (Å²) in [6, 6.07) is 2.01. The van der Waals surface area contributed by atoms with Crippen molar-refractivity contribution >= 4 is 0 Å². The highest BCUT2D eigenvalue weighted by Gasteiger charge is 2.16. The Balaban J connectivity index is 2.28. The minimum absolute atomic E-state index is 0.738. The number of nitrogens with one attached hydrogen (secondary N) is 1. The monoisotopic (exact) mass is 209 g/mol. The second-order valence-electron chi connectivity index (χ2n) is 4.91. The predicted octanol–water partition coefficient (Wildman–Crippen LogP) is 3.30. The average molecular weight is 209 g/mol. The zero-order valence-corrected chi connectivity index (χ0v) is 10.3. The first-order valence-electron chi connectivity index (χ1n) is 5.83. The molecule has 1 aromatic rings. The van der Waals surface area contributed by atoms with Gasteiger partial charge in [0, 0.05) is 12.1 Å². The van der Waals surface area contributed by atoms with E-state index in [-0.39, 0.29) is 0 Å². The molecule has 0 bridgehead atoms. The third kappa shape index (κ3) is 4.08. The Morgan fingerprint density at radius 2 is 1.87 bits per heavy atom. The molecular formula is C13H23NO. The number of rotatable bonds is 6. The molecule has 86 valence electrons. The van der Waals surface area contributed by atoms with E-state index in [9.17, 15) is 0 Å². The van der Waals surface area contributed by atoms with Gasteiger partial charge >= 0.3 is 0 Å². The Hall–Kier alpha value is -0.760. The van der Waals surface area contributed by atoms with Gasteiger partial charge in [0.1, 0.15) is 0 Å². The molecule has 15 heavy (non-hydrogen) atoms. The minimum atomic E-state index is 0.738. The van der Waals surface area contributed by atoms with Gasteiger partial charge in [0.2, 0.25) is 0 Å². The normalized spacial score (nSPS) is 11.9. The van der Waals surface area contributed by atoms with Gasteiger partial charge in [0.15, 0.2) is 0 Å². The Morgan fingerprint density at radius 3 is 2.33 bits per heavy atom. The van der Waals surface area contributed by atoms with Crippen LogP contribution in [0.3, 0.4) is 0 Å². The average Bonchev–Trinajstić information content (AvgIpc) is 2.63. The van der Waals surface area contributed by atoms with E-state index in [4.69, 9.17) is 4.42 Å². The summed E-state index contributed by atoms with van der Waals surface area (Å²) in [4.78, 5) is 0. The molecule has 0 saturated heterocycles. The topological polar surface area (TPSA) is 25.2 Å². The first-order chi connectivity index (χ1) is 7.11. The van der Waals surface area contributed by atoms with Gasteiger partial charge < -0.3 is 9.73 Å². The van der Waals surface area contributed by atoms with Gasteiger partial charge in [-0.3, -0.25) is 0 Å². The Bertz CT molecular complexity index is 244. The van der Waals surface area contributed by atoms with Gasteiger partial charge in [-0.05, 0) is 30.4 Å². The molecule has 2 heteroatoms. The van der Waals surface area contributed by atoms with Crippen molar-refractivity contribution < 1.29 is 4.42 Å². The summed E-state index contributed by atoms with van der Waals surface area (Å²) in [5, 5.41) is 3.49. The summed E-state index contributed by atoms with van der Waals surface area (Å²) < 4.78 is 5.03. The molecule has 0 aliphatic heterocycles. The van der Waals surface area contributed by atoms with Crippen molar-refractivity contribution in [2.45, 2.75) is 34.2 Å². The SMILES string of the molecule is CC(C)C(CNCc1ccoc1)C(C)C. The summed E-state index contributed by atoms with van der Waals surface area (Å²) in [5.41, 5.74) is 1.22. The first kappa shape index (κ1) is 12.3. The van der Waals surface area contributed by atoms with Crippen molar-refractivity contribution in [2.24, 2.45) is 17.8 Å². The van der Waals surface area contributed by atoms with Crippen molar-refractivity contribution in [1.82, 2.24) is 5.32 Å². The second kappa shape index (κ2) is 5.96. The van der Waals surface area contributed by atoms with Crippen molar-refractivity contribution in [1.29, 1.82) is 0 Å². The number of hydrogen-bond acceptors (Lipinski definition) is 2. The molecule has 0 spiro atoms. The summed E-state index contributed by atoms with van der Waals surface area (Å²) in [7, 11) is 0. The largest absolute Gasteiger partial charge is 0.472 e. The van der Waals surface area contributed by atoms with Crippen LogP contribution in [-0.4, -0.2) is 6.54 Å². The molecule has 0 aliphatic rings. The lowest BCUT2D eigenvalue weighted by Gasteiger charge is -2.25. The zero-order valence-electron chi connectivity index (χ0n) is 10.3. The van der Waals surface area contributed by atoms with Gasteiger partial charge in [0.25, 0.3) is 0 Å². The van der Waals surface area contributed by atoms with Crippen LogP contribution in [0.2, 0.25) is 0 Å². The highest BCUT2D eigenvalue weighted by Crippen LogP contribution is 2.19. The Labute approximate surface area is 93.1 Å². The molecule has 1 rings (SSSR count). The van der Waals surface area contributed by atoms with Crippen molar-refractivity contribution in [3.8, 4) is 0 Å². The maximum atomic E-state index is 5.03. The Morgan fingerprint density at radius 1 is 1.20 bits per heavy atom. The number of furan rings is 1. The van der Waals surface area contributed by atoms with Crippen LogP contribution in [0.25, 0.3) is 0 Å². The van der Waals surface area contributed by atoms with Crippen LogP contribution < -0.4 is 5.32 Å². The molecular weight excluding hydrogens is 186 g/mol. The van der Waals surface area contributed by atoms with Crippen LogP contribution in [0, 0.1) is 17.8 Å². The van der Waals surface area contributed by atoms with Crippen LogP contribution in [0.15, 0.2) is 23.0 Å². The second-order valence-corrected chi connectivity index (χ2v) is 4.91. The van der Waals surface area contributed by atoms with Crippen molar-refractivity contribution in [3.05, 3.63) is 24.2 Å². The molecule has 0 unspecified atom stereocenters. The van der Waals surface area contributed by atoms with E-state index in [0.29, 0.717) is 0 Å². The summed E-state index contributed by atoms with van der Waals surface area (Å²) in [6.07, 6.45) is 3.52. The van der Waals surface area contributed by atoms with Crippen LogP contribution in [0.5, 0.6) is 0 Å². The molecule has 2 nitrogen and oxygen atoms in total. The third-order valence-electron chi connectivity index (χ3n) is 3.00. The molecule has 0 radical (unpaired) electrons. The maximum Gasteiger partial charge on any atom is 0.0947 e. The van der Waals surface area contributed by atoms with Crippen molar-refractivity contribution in [2.75, 3.05) is 6.54 Å². The fourth-order valence-corrected chi connectivity index (χ4v) is 2.02. The lowest BCUT2D eigenvalue weighted by molar-refractivity contribution is 0.275. The van der Waals surface area contributed by atoms with Gasteiger partial charge in [0.05, 0.1) is 12.5 Å². The predicted molar refractivity (Wildman–Crippen MR) is 63.6 cm³/mol. The third-order valence-corrected chi connectivity index (χ3v) is 3.00. The molecule has 1 N–H and O–H groups in total. The smallest absolute Gasteiger partial charge is 0.0947 e. The van der Waals surface area contributed by atoms with Gasteiger partial charge in [-0.1, -0.05) is 27.7 Å². The van der Waals surface area contributed by atoms with E-state index in [1.165, 1.54) is 5.56 Å². The lowest BCUT2D eigenvalue weighted by atomic mass is 9.85. The fraction of sp³-hybridized carbons (Fsp3) is 0.692. The zero-order chi connectivity index (χ0) is 11.3. The van der Waals surface area contributed by atoms with Gasteiger partial charge in [-0.25, -0.2) is 0 Å². The van der Waals surface area contributed by atoms with Gasteiger partial charge in [-0.15, -0.1) is 0 Å². The number of hydrogen-bond donors (Lipinski definition) is 1. The minimum Gasteiger partial charge on any atom is -0.472 e. The highest BCUT2D eigenvalue weighted by atomic mass is 16.3. The Kier molecular flexibility index (Phi) is 4.89. The van der Waals surface area contributed by atoms with E-state index in [1.807, 2.05) is 6.07 Å². The lowest BCUT2D eigenvalue weighted by Crippen LogP contribution is -2.29. The van der Waals surface area contributed by atoms with Gasteiger partial charge in [-0.2, -0.15) is 0 Å². The molecule has 0 amide bonds. The summed E-state index contributed by atoms with van der Waals surface area (Å²) >= 11 is 0. The molecule has 0 fully saturated rings. The van der Waals surface area contributed by atoms with Crippen LogP contribution in [0.1, 0.15) is 33.3 Å². The maximum absolute atomic E-state index is 5.03. The molecule has 0 aromatic carbocycles. The van der Waals surface area contributed by atoms with Crippen LogP contribution >= 0.6 is 0 Å². The standard InChI is InChI=1S/C13H23NO/c1-10(2)13(11(3)4)8-14-7-12-5-6-15-9-12/h5-6,9-11,13-14H,7-8H2,1-4H3. The molecule has 0 aliphatic carbocycles. The van der Waals surface area contributed by atoms with E-state index < -0.39 is 0 Å². The van der Waals surface area contributed by atoms with Crippen LogP contribution in [-0.2, 0) is 6.54 Å². The fourth-order valence-electron chi connectivity index (χ4n) is 2.02. The van der Waals surface area contributed by atoms with E-state index >= 15 is 0 Å².